The quantitative estimate of drug-likeness (QED) is 0.432. The number of fused-ring (bicyclic) bond motifs is 1. The molecular weight excluding hydrogens is 426 g/mol. The van der Waals surface area contributed by atoms with Crippen molar-refractivity contribution in [2.24, 2.45) is 0 Å². The fourth-order valence-electron chi connectivity index (χ4n) is 2.79. The van der Waals surface area contributed by atoms with E-state index in [9.17, 15) is 8.42 Å². The molecule has 2 aromatic heterocycles. The molecule has 0 atom stereocenters. The molecule has 4 rings (SSSR count). The highest BCUT2D eigenvalue weighted by atomic mass is 32.2. The van der Waals surface area contributed by atoms with Crippen molar-refractivity contribution < 1.29 is 18.0 Å². The van der Waals surface area contributed by atoms with Crippen molar-refractivity contribution in [3.05, 3.63) is 60.2 Å². The summed E-state index contributed by atoms with van der Waals surface area (Å²) >= 11 is 1.19. The van der Waals surface area contributed by atoms with Gasteiger partial charge >= 0.3 is 0 Å². The van der Waals surface area contributed by atoms with Gasteiger partial charge in [-0.15, -0.1) is 11.3 Å². The molecule has 0 aliphatic rings. The summed E-state index contributed by atoms with van der Waals surface area (Å²) in [7, 11) is -0.923. The molecule has 0 aliphatic heterocycles. The molecule has 30 heavy (non-hydrogen) atoms. The summed E-state index contributed by atoms with van der Waals surface area (Å²) < 4.78 is 33.2. The number of thiazole rings is 1. The minimum atomic E-state index is -3.83. The van der Waals surface area contributed by atoms with Crippen LogP contribution in [0.25, 0.3) is 10.9 Å². The predicted octanol–water partition coefficient (Wildman–Crippen LogP) is 3.60. The number of anilines is 3. The van der Waals surface area contributed by atoms with Gasteiger partial charge in [-0.25, -0.2) is 23.4 Å². The first kappa shape index (κ1) is 20.0. The van der Waals surface area contributed by atoms with Crippen molar-refractivity contribution in [3.8, 4) is 5.75 Å². The fraction of sp³-hybridized carbons (Fsp3) is 0.105. The highest BCUT2D eigenvalue weighted by Crippen LogP contribution is 2.35. The number of aromatic nitrogens is 3. The molecule has 1 N–H and O–H groups in total. The SMILES string of the molecule is COc1cc(S(=O)(=O)Nc2nccs2)ccc1N(OC)c1ncc2ccccc2n1. The zero-order valence-corrected chi connectivity index (χ0v) is 17.6. The number of sulfonamides is 1. The van der Waals surface area contributed by atoms with E-state index in [0.717, 1.165) is 10.9 Å². The number of methoxy groups -OCH3 is 1. The second-order valence-corrected chi connectivity index (χ2v) is 8.56. The predicted molar refractivity (Wildman–Crippen MR) is 115 cm³/mol. The molecule has 0 amide bonds. The molecule has 0 radical (unpaired) electrons. The van der Waals surface area contributed by atoms with Crippen LogP contribution in [0.4, 0.5) is 16.8 Å². The highest BCUT2D eigenvalue weighted by Gasteiger charge is 2.22. The molecule has 0 fully saturated rings. The smallest absolute Gasteiger partial charge is 0.263 e. The lowest BCUT2D eigenvalue weighted by Crippen LogP contribution is -2.19. The first-order valence-electron chi connectivity index (χ1n) is 8.68. The Labute approximate surface area is 177 Å². The minimum Gasteiger partial charge on any atom is -0.494 e. The van der Waals surface area contributed by atoms with Gasteiger partial charge in [0.15, 0.2) is 5.13 Å². The second-order valence-electron chi connectivity index (χ2n) is 5.98. The van der Waals surface area contributed by atoms with Gasteiger partial charge in [0, 0.05) is 29.2 Å². The Hall–Kier alpha value is -3.28. The molecule has 2 aromatic carbocycles. The molecular formula is C19H17N5O4S2. The summed E-state index contributed by atoms with van der Waals surface area (Å²) in [6, 6.07) is 12.0. The van der Waals surface area contributed by atoms with E-state index in [1.807, 2.05) is 24.3 Å². The second kappa shape index (κ2) is 8.22. The number of rotatable bonds is 7. The summed E-state index contributed by atoms with van der Waals surface area (Å²) in [5.41, 5.74) is 1.19. The first-order valence-corrected chi connectivity index (χ1v) is 11.0. The lowest BCUT2D eigenvalue weighted by Gasteiger charge is -2.22. The number of nitrogens with one attached hydrogen (secondary N) is 1. The van der Waals surface area contributed by atoms with Gasteiger partial charge < -0.3 is 4.74 Å². The Balaban J connectivity index is 1.72. The lowest BCUT2D eigenvalue weighted by molar-refractivity contribution is 0.194. The Morgan fingerprint density at radius 3 is 2.67 bits per heavy atom. The maximum absolute atomic E-state index is 12.7. The number of ether oxygens (including phenoxy) is 1. The average molecular weight is 444 g/mol. The van der Waals surface area contributed by atoms with Crippen LogP contribution < -0.4 is 14.5 Å². The Bertz CT molecular complexity index is 1280. The van der Waals surface area contributed by atoms with Crippen LogP contribution in [0.5, 0.6) is 5.75 Å². The molecule has 0 saturated heterocycles. The number of nitrogens with zero attached hydrogens (tertiary/aromatic N) is 4. The van der Waals surface area contributed by atoms with E-state index in [4.69, 9.17) is 9.57 Å². The van der Waals surface area contributed by atoms with Gasteiger partial charge in [-0.1, -0.05) is 18.2 Å². The molecule has 11 heteroatoms. The largest absolute Gasteiger partial charge is 0.494 e. The number of benzene rings is 2. The van der Waals surface area contributed by atoms with Crippen LogP contribution in [0.1, 0.15) is 0 Å². The normalized spacial score (nSPS) is 11.4. The van der Waals surface area contributed by atoms with Crippen molar-refractivity contribution in [1.82, 2.24) is 15.0 Å². The van der Waals surface area contributed by atoms with Crippen molar-refractivity contribution in [1.29, 1.82) is 0 Å². The van der Waals surface area contributed by atoms with Gasteiger partial charge in [-0.05, 0) is 18.2 Å². The standard InChI is InChI=1S/C19H17N5O4S2/c1-27-17-11-14(30(25,26)23-19-20-9-10-29-19)7-8-16(17)24(28-2)18-21-12-13-5-3-4-6-15(13)22-18/h3-12H,1-2H3,(H,20,23). The molecule has 0 bridgehead atoms. The van der Waals surface area contributed by atoms with Crippen LogP contribution in [0.15, 0.2) is 65.1 Å². The summed E-state index contributed by atoms with van der Waals surface area (Å²) in [5.74, 6) is 0.557. The molecule has 9 nitrogen and oxygen atoms in total. The zero-order chi connectivity index (χ0) is 21.1. The maximum atomic E-state index is 12.7. The van der Waals surface area contributed by atoms with Gasteiger partial charge in [-0.3, -0.25) is 9.56 Å². The fourth-order valence-corrected chi connectivity index (χ4v) is 4.59. The first-order chi connectivity index (χ1) is 14.5. The Kier molecular flexibility index (Phi) is 5.48. The van der Waals surface area contributed by atoms with Crippen LogP contribution in [-0.2, 0) is 14.9 Å². The van der Waals surface area contributed by atoms with Crippen molar-refractivity contribution >= 4 is 49.0 Å². The Morgan fingerprint density at radius 1 is 1.10 bits per heavy atom. The van der Waals surface area contributed by atoms with Gasteiger partial charge in [0.05, 0.1) is 24.6 Å². The zero-order valence-electron chi connectivity index (χ0n) is 16.0. The molecule has 0 saturated carbocycles. The number of para-hydroxylation sites is 1. The van der Waals surface area contributed by atoms with Crippen molar-refractivity contribution in [2.45, 2.75) is 4.90 Å². The summed E-state index contributed by atoms with van der Waals surface area (Å²) in [5, 5.41) is 4.22. The minimum absolute atomic E-state index is 0.0220. The summed E-state index contributed by atoms with van der Waals surface area (Å²) in [6.45, 7) is 0. The lowest BCUT2D eigenvalue weighted by atomic mass is 10.2. The molecule has 0 aliphatic carbocycles. The van der Waals surface area contributed by atoms with Gasteiger partial charge in [0.25, 0.3) is 16.0 Å². The Morgan fingerprint density at radius 2 is 1.93 bits per heavy atom. The third-order valence-electron chi connectivity index (χ3n) is 4.17. The van der Waals surface area contributed by atoms with Crippen molar-refractivity contribution in [2.75, 3.05) is 24.0 Å². The molecule has 2 heterocycles. The highest BCUT2D eigenvalue weighted by molar-refractivity contribution is 7.93. The van der Waals surface area contributed by atoms with Gasteiger partial charge in [0.2, 0.25) is 0 Å². The van der Waals surface area contributed by atoms with E-state index in [-0.39, 0.29) is 21.7 Å². The van der Waals surface area contributed by atoms with E-state index in [1.165, 1.54) is 48.9 Å². The molecule has 4 aromatic rings. The average Bonchev–Trinajstić information content (AvgIpc) is 3.26. The topological polar surface area (TPSA) is 107 Å². The van der Waals surface area contributed by atoms with Crippen molar-refractivity contribution in [3.63, 3.8) is 0 Å². The van der Waals surface area contributed by atoms with E-state index in [1.54, 1.807) is 17.6 Å². The third-order valence-corrected chi connectivity index (χ3v) is 6.33. The number of hydrogen-bond donors (Lipinski definition) is 1. The molecule has 0 spiro atoms. The molecule has 0 unspecified atom stereocenters. The maximum Gasteiger partial charge on any atom is 0.263 e. The molecule has 154 valence electrons. The van der Waals surface area contributed by atoms with Gasteiger partial charge in [0.1, 0.15) is 11.4 Å². The van der Waals surface area contributed by atoms with Gasteiger partial charge in [-0.2, -0.15) is 5.06 Å². The summed E-state index contributed by atoms with van der Waals surface area (Å²) in [6.07, 6.45) is 3.21. The van der Waals surface area contributed by atoms with E-state index in [2.05, 4.69) is 19.7 Å². The van der Waals surface area contributed by atoms with Crippen LogP contribution in [0.3, 0.4) is 0 Å². The van der Waals surface area contributed by atoms with E-state index >= 15 is 0 Å². The monoisotopic (exact) mass is 443 g/mol. The summed E-state index contributed by atoms with van der Waals surface area (Å²) in [4.78, 5) is 18.3. The third kappa shape index (κ3) is 3.90. The number of hydrogen-bond acceptors (Lipinski definition) is 9. The van der Waals surface area contributed by atoms with Crippen LogP contribution in [0, 0.1) is 0 Å². The van der Waals surface area contributed by atoms with E-state index in [0.29, 0.717) is 5.69 Å². The van der Waals surface area contributed by atoms with E-state index < -0.39 is 10.0 Å². The van der Waals surface area contributed by atoms with Crippen LogP contribution in [-0.4, -0.2) is 37.6 Å². The van der Waals surface area contributed by atoms with Crippen LogP contribution >= 0.6 is 11.3 Å². The van der Waals surface area contributed by atoms with Crippen LogP contribution in [0.2, 0.25) is 0 Å².